The highest BCUT2D eigenvalue weighted by Gasteiger charge is 2.48. The van der Waals surface area contributed by atoms with Crippen LogP contribution >= 0.6 is 23.4 Å². The second-order valence-corrected chi connectivity index (χ2v) is 21.9. The fraction of sp³-hybridized carbons (Fsp3) is 0.560. The van der Waals surface area contributed by atoms with Crippen molar-refractivity contribution in [2.24, 2.45) is 17.8 Å². The van der Waals surface area contributed by atoms with Gasteiger partial charge in [-0.15, -0.1) is 11.8 Å². The summed E-state index contributed by atoms with van der Waals surface area (Å²) in [5.41, 5.74) is 2.84. The number of sulfonamides is 1. The molecule has 14 heteroatoms. The highest BCUT2D eigenvalue weighted by Crippen LogP contribution is 2.47. The lowest BCUT2D eigenvalue weighted by Gasteiger charge is -2.51. The first-order valence-corrected chi connectivity index (χ1v) is 26.3. The molecule has 2 amide bonds. The number of benzene rings is 3. The molecule has 348 valence electrons. The Morgan fingerprint density at radius 3 is 2.58 bits per heavy atom. The van der Waals surface area contributed by atoms with Gasteiger partial charge in [0.05, 0.1) is 17.5 Å². The summed E-state index contributed by atoms with van der Waals surface area (Å²) in [5, 5.41) is 3.50. The Morgan fingerprint density at radius 1 is 1.00 bits per heavy atom. The van der Waals surface area contributed by atoms with Crippen molar-refractivity contribution >= 4 is 50.9 Å². The quantitative estimate of drug-likeness (QED) is 0.153. The van der Waals surface area contributed by atoms with Crippen LogP contribution in [0.4, 0.5) is 5.69 Å². The first-order valence-electron chi connectivity index (χ1n) is 23.4. The van der Waals surface area contributed by atoms with Crippen LogP contribution < -0.4 is 19.7 Å². The first kappa shape index (κ1) is 48.3. The number of allylic oxidation sites excluding steroid dienone is 1. The lowest BCUT2D eigenvalue weighted by atomic mass is 9.63. The standard InChI is InChI=1S/C50H68ClN5O6S2/c1-5-11-38-30-42(51)17-18-44(38)41-33-56-32-40-15-19-45(40)50(61-4,22-9-12-36(2)37(3)64(59,60)53-49(58)39-16-20-47(62-34-41)46(56)31-39)35-54-25-10-26-55(28-24-52-23-27-54)48(57)21-29-63-43-13-7-6-8-14-43/h6-9,13-14,16-18,20,22,30-31,36-37,40-41,45,52H,5,10-12,15,19,21,23-29,32-35H2,1-4H3,(H,53,58)/b22-9+/t36-,37+,40-,41-,45+,50+/m0/s1. The van der Waals surface area contributed by atoms with Crippen LogP contribution in [-0.2, 0) is 26.0 Å². The Balaban J connectivity index is 1.16. The molecule has 2 bridgehead atoms. The molecule has 4 aliphatic rings. The number of thioether (sulfide) groups is 1. The summed E-state index contributed by atoms with van der Waals surface area (Å²) < 4.78 is 43.3. The number of halogens is 1. The average Bonchev–Trinajstić information content (AvgIpc) is 3.45. The number of nitrogens with zero attached hydrogens (tertiary/aromatic N) is 3. The minimum Gasteiger partial charge on any atom is -0.491 e. The summed E-state index contributed by atoms with van der Waals surface area (Å²) in [7, 11) is -2.19. The van der Waals surface area contributed by atoms with Gasteiger partial charge in [-0.2, -0.15) is 0 Å². The SMILES string of the molecule is CCCc1cc(Cl)ccc1[C@@H]1COc2ccc3cc2N(C1)C[C@@H]1CC[C@H]1[C@@](CN1CCCN(C(=O)CCSc2ccccc2)CCNCC1)(OC)/C=C/C[C@H](C)[C@@H](C)S(=O)(=O)NC3=O. The summed E-state index contributed by atoms with van der Waals surface area (Å²) in [6.45, 7) is 12.8. The predicted octanol–water partition coefficient (Wildman–Crippen LogP) is 8.04. The van der Waals surface area contributed by atoms with Gasteiger partial charge < -0.3 is 24.6 Å². The molecule has 3 aromatic carbocycles. The third kappa shape index (κ3) is 11.9. The Hall–Kier alpha value is -3.59. The predicted molar refractivity (Wildman–Crippen MR) is 259 cm³/mol. The van der Waals surface area contributed by atoms with Gasteiger partial charge in [-0.1, -0.05) is 68.3 Å². The van der Waals surface area contributed by atoms with Crippen molar-refractivity contribution in [3.05, 3.63) is 101 Å². The molecule has 0 aromatic heterocycles. The number of carbonyl (C=O) groups is 2. The number of aryl methyl sites for hydroxylation is 1. The van der Waals surface area contributed by atoms with E-state index in [9.17, 15) is 18.0 Å². The number of carbonyl (C=O) groups excluding carboxylic acids is 2. The topological polar surface area (TPSA) is 121 Å². The molecule has 1 saturated carbocycles. The second-order valence-electron chi connectivity index (χ2n) is 18.3. The van der Waals surface area contributed by atoms with Crippen LogP contribution in [0.15, 0.2) is 83.8 Å². The van der Waals surface area contributed by atoms with E-state index >= 15 is 0 Å². The molecular formula is C50H68ClN5O6S2. The summed E-state index contributed by atoms with van der Waals surface area (Å²) in [6.07, 6.45) is 10.1. The zero-order valence-corrected chi connectivity index (χ0v) is 40.5. The van der Waals surface area contributed by atoms with Gasteiger partial charge in [-0.3, -0.25) is 14.5 Å². The highest BCUT2D eigenvalue weighted by molar-refractivity contribution is 7.99. The number of hydrogen-bond donors (Lipinski definition) is 2. The number of fused-ring (bicyclic) bond motifs is 2. The van der Waals surface area contributed by atoms with E-state index in [0.29, 0.717) is 62.9 Å². The molecule has 1 saturated heterocycles. The molecule has 0 unspecified atom stereocenters. The number of ether oxygens (including phenoxy) is 2. The van der Waals surface area contributed by atoms with Gasteiger partial charge in [0.2, 0.25) is 15.9 Å². The van der Waals surface area contributed by atoms with Crippen molar-refractivity contribution in [3.8, 4) is 5.75 Å². The van der Waals surface area contributed by atoms with Crippen LogP contribution in [-0.4, -0.2) is 119 Å². The molecule has 11 nitrogen and oxygen atoms in total. The number of amides is 2. The van der Waals surface area contributed by atoms with Crippen LogP contribution in [0.5, 0.6) is 5.75 Å². The van der Waals surface area contributed by atoms with Crippen molar-refractivity contribution in [2.45, 2.75) is 87.4 Å². The molecule has 1 aliphatic carbocycles. The van der Waals surface area contributed by atoms with Crippen LogP contribution in [0.2, 0.25) is 5.02 Å². The van der Waals surface area contributed by atoms with E-state index in [-0.39, 0.29) is 35.1 Å². The fourth-order valence-corrected chi connectivity index (χ4v) is 12.3. The van der Waals surface area contributed by atoms with Gasteiger partial charge in [0, 0.05) is 99.6 Å². The van der Waals surface area contributed by atoms with Crippen LogP contribution in [0.25, 0.3) is 0 Å². The minimum atomic E-state index is -4.01. The molecule has 3 heterocycles. The molecule has 6 atom stereocenters. The number of methoxy groups -OCH3 is 1. The number of nitrogens with one attached hydrogen (secondary N) is 2. The van der Waals surface area contributed by atoms with Gasteiger partial charge in [-0.25, -0.2) is 13.1 Å². The van der Waals surface area contributed by atoms with E-state index < -0.39 is 26.8 Å². The van der Waals surface area contributed by atoms with Gasteiger partial charge >= 0.3 is 0 Å². The van der Waals surface area contributed by atoms with Gasteiger partial charge in [0.25, 0.3) is 5.91 Å². The maximum absolute atomic E-state index is 13.7. The lowest BCUT2D eigenvalue weighted by Crippen LogP contribution is -2.57. The van der Waals surface area contributed by atoms with Crippen LogP contribution in [0, 0.1) is 17.8 Å². The zero-order chi connectivity index (χ0) is 45.3. The third-order valence-electron chi connectivity index (χ3n) is 14.0. The Kier molecular flexibility index (Phi) is 16.8. The molecule has 7 rings (SSSR count). The molecular weight excluding hydrogens is 866 g/mol. The normalized spacial score (nSPS) is 27.5. The maximum atomic E-state index is 13.7. The summed E-state index contributed by atoms with van der Waals surface area (Å²) in [5.74, 6) is 1.17. The highest BCUT2D eigenvalue weighted by atomic mass is 35.5. The van der Waals surface area contributed by atoms with Crippen LogP contribution in [0.1, 0.15) is 86.7 Å². The van der Waals surface area contributed by atoms with Gasteiger partial charge in [0.15, 0.2) is 0 Å². The monoisotopic (exact) mass is 933 g/mol. The van der Waals surface area contributed by atoms with Crippen molar-refractivity contribution in [1.29, 1.82) is 0 Å². The Morgan fingerprint density at radius 2 is 1.81 bits per heavy atom. The molecule has 0 radical (unpaired) electrons. The molecule has 64 heavy (non-hydrogen) atoms. The smallest absolute Gasteiger partial charge is 0.264 e. The van der Waals surface area contributed by atoms with Gasteiger partial charge in [0.1, 0.15) is 11.4 Å². The fourth-order valence-electron chi connectivity index (χ4n) is 9.98. The molecule has 0 spiro atoms. The summed E-state index contributed by atoms with van der Waals surface area (Å²) in [4.78, 5) is 35.3. The Labute approximate surface area is 391 Å². The molecule has 3 aromatic rings. The molecule has 2 fully saturated rings. The summed E-state index contributed by atoms with van der Waals surface area (Å²) in [6, 6.07) is 21.7. The maximum Gasteiger partial charge on any atom is 0.264 e. The number of rotatable bonds is 10. The van der Waals surface area contributed by atoms with Crippen molar-refractivity contribution in [3.63, 3.8) is 0 Å². The van der Waals surface area contributed by atoms with Crippen molar-refractivity contribution in [2.75, 3.05) is 83.3 Å². The molecule has 3 aliphatic heterocycles. The van der Waals surface area contributed by atoms with Gasteiger partial charge in [-0.05, 0) is 110 Å². The van der Waals surface area contributed by atoms with E-state index in [1.54, 1.807) is 24.8 Å². The first-order chi connectivity index (χ1) is 30.9. The Bertz CT molecular complexity index is 2200. The van der Waals surface area contributed by atoms with E-state index in [4.69, 9.17) is 21.1 Å². The lowest BCUT2D eigenvalue weighted by molar-refractivity contribution is -0.131. The number of hydrogen-bond acceptors (Lipinski definition) is 10. The second kappa shape index (κ2) is 22.3. The zero-order valence-electron chi connectivity index (χ0n) is 38.1. The summed E-state index contributed by atoms with van der Waals surface area (Å²) >= 11 is 8.26. The number of anilines is 1. The molecule has 2 N–H and O–H groups in total. The van der Waals surface area contributed by atoms with E-state index in [2.05, 4.69) is 63.2 Å². The van der Waals surface area contributed by atoms with E-state index in [1.165, 1.54) is 16.0 Å². The van der Waals surface area contributed by atoms with E-state index in [1.807, 2.05) is 55.3 Å². The van der Waals surface area contributed by atoms with Crippen molar-refractivity contribution in [1.82, 2.24) is 19.8 Å². The van der Waals surface area contributed by atoms with Crippen molar-refractivity contribution < 1.29 is 27.5 Å². The van der Waals surface area contributed by atoms with E-state index in [0.717, 1.165) is 69.7 Å². The average molecular weight is 935 g/mol. The van der Waals surface area contributed by atoms with Crippen LogP contribution in [0.3, 0.4) is 0 Å². The minimum absolute atomic E-state index is 0.0259. The third-order valence-corrected chi connectivity index (χ3v) is 17.2. The largest absolute Gasteiger partial charge is 0.491 e.